The molecule has 0 amide bonds. The van der Waals surface area contributed by atoms with Crippen LogP contribution in [-0.2, 0) is 12.8 Å². The standard InChI is InChI=1S/C18H21B.C12H13FN2/c19-15-9-3-8-14-18(16-10-4-1-5-11-16)17-12-6-2-7-13-17;1-2-9-5-10(7-11(13)6-9)8-12-14-3-4-15-12/h1-8,10-13,18H,9,14-15,19H2;3-7H,2,8H2,1H3,(H,14,15). The van der Waals surface area contributed by atoms with Crippen molar-refractivity contribution in [3.05, 3.63) is 137 Å². The Morgan fingerprint density at radius 3 is 2.12 bits per heavy atom. The number of hydrogen-bond acceptors (Lipinski definition) is 1. The van der Waals surface area contributed by atoms with Crippen LogP contribution in [0.1, 0.15) is 53.8 Å². The molecule has 34 heavy (non-hydrogen) atoms. The van der Waals surface area contributed by atoms with Gasteiger partial charge in [0, 0.05) is 24.7 Å². The molecule has 1 N–H and O–H groups in total. The highest BCUT2D eigenvalue weighted by Crippen LogP contribution is 2.28. The third-order valence-electron chi connectivity index (χ3n) is 5.75. The Bertz CT molecular complexity index is 1070. The van der Waals surface area contributed by atoms with Crippen molar-refractivity contribution in [3.8, 4) is 0 Å². The van der Waals surface area contributed by atoms with Crippen LogP contribution in [-0.4, -0.2) is 17.8 Å². The fraction of sp³-hybridized carbons (Fsp3) is 0.233. The lowest BCUT2D eigenvalue weighted by Crippen LogP contribution is -1.99. The van der Waals surface area contributed by atoms with Gasteiger partial charge in [-0.2, -0.15) is 0 Å². The van der Waals surface area contributed by atoms with Crippen molar-refractivity contribution in [1.82, 2.24) is 9.97 Å². The van der Waals surface area contributed by atoms with E-state index in [2.05, 4.69) is 90.6 Å². The highest BCUT2D eigenvalue weighted by atomic mass is 19.1. The molecule has 0 aliphatic carbocycles. The summed E-state index contributed by atoms with van der Waals surface area (Å²) >= 11 is 0. The second-order valence-electron chi connectivity index (χ2n) is 8.40. The first-order valence-electron chi connectivity index (χ1n) is 12.2. The zero-order valence-corrected chi connectivity index (χ0v) is 20.3. The number of aromatic amines is 1. The third kappa shape index (κ3) is 8.19. The van der Waals surface area contributed by atoms with E-state index in [9.17, 15) is 4.39 Å². The first-order valence-corrected chi connectivity index (χ1v) is 12.2. The molecule has 4 rings (SSSR count). The maximum Gasteiger partial charge on any atom is 0.123 e. The minimum Gasteiger partial charge on any atom is -0.348 e. The fourth-order valence-electron chi connectivity index (χ4n) is 3.96. The quantitative estimate of drug-likeness (QED) is 0.217. The van der Waals surface area contributed by atoms with Gasteiger partial charge >= 0.3 is 0 Å². The summed E-state index contributed by atoms with van der Waals surface area (Å²) in [6.45, 7) is 2.02. The first kappa shape index (κ1) is 25.2. The summed E-state index contributed by atoms with van der Waals surface area (Å²) in [6.07, 6.45) is 13.1. The lowest BCUT2D eigenvalue weighted by molar-refractivity contribution is 0.623. The number of nitrogens with one attached hydrogen (secondary N) is 1. The number of nitrogens with zero attached hydrogens (tertiary/aromatic N) is 1. The highest BCUT2D eigenvalue weighted by Gasteiger charge is 2.11. The minimum absolute atomic E-state index is 0.170. The normalized spacial score (nSPS) is 10.9. The number of imidazole rings is 1. The Labute approximate surface area is 204 Å². The lowest BCUT2D eigenvalue weighted by Gasteiger charge is -2.16. The fourth-order valence-corrected chi connectivity index (χ4v) is 3.96. The Balaban J connectivity index is 0.000000196. The van der Waals surface area contributed by atoms with Crippen LogP contribution >= 0.6 is 0 Å². The number of hydrogen-bond donors (Lipinski definition) is 1. The van der Waals surface area contributed by atoms with Crippen molar-refractivity contribution in [2.75, 3.05) is 0 Å². The molecule has 3 aromatic carbocycles. The number of benzene rings is 3. The van der Waals surface area contributed by atoms with Gasteiger partial charge in [0.2, 0.25) is 0 Å². The van der Waals surface area contributed by atoms with Crippen LogP contribution in [0.4, 0.5) is 4.39 Å². The molecule has 2 nitrogen and oxygen atoms in total. The number of rotatable bonds is 9. The molecule has 0 atom stereocenters. The molecule has 1 heterocycles. The molecule has 0 aliphatic heterocycles. The largest absolute Gasteiger partial charge is 0.348 e. The molecular formula is C30H34BFN2. The number of aromatic nitrogens is 2. The molecule has 0 saturated carbocycles. The number of H-pyrrole nitrogens is 1. The van der Waals surface area contributed by atoms with E-state index in [0.29, 0.717) is 12.3 Å². The van der Waals surface area contributed by atoms with Crippen molar-refractivity contribution in [2.24, 2.45) is 0 Å². The zero-order valence-electron chi connectivity index (χ0n) is 20.3. The number of aryl methyl sites for hydroxylation is 1. The van der Waals surface area contributed by atoms with Crippen molar-refractivity contribution in [2.45, 2.75) is 44.8 Å². The van der Waals surface area contributed by atoms with Crippen molar-refractivity contribution < 1.29 is 4.39 Å². The van der Waals surface area contributed by atoms with Crippen molar-refractivity contribution in [1.29, 1.82) is 0 Å². The van der Waals surface area contributed by atoms with Crippen LogP contribution in [0.15, 0.2) is 103 Å². The van der Waals surface area contributed by atoms with Crippen LogP contribution in [0.5, 0.6) is 0 Å². The molecule has 4 heteroatoms. The Kier molecular flexibility index (Phi) is 10.4. The molecule has 4 aromatic rings. The maximum atomic E-state index is 13.2. The third-order valence-corrected chi connectivity index (χ3v) is 5.75. The Morgan fingerprint density at radius 1 is 0.912 bits per heavy atom. The minimum atomic E-state index is -0.170. The summed E-state index contributed by atoms with van der Waals surface area (Å²) in [4.78, 5) is 7.13. The SMILES string of the molecule is BCCC=CCC(c1ccccc1)c1ccccc1.CCc1cc(F)cc(Cc2ncc[nH]2)c1. The van der Waals surface area contributed by atoms with E-state index in [4.69, 9.17) is 0 Å². The van der Waals surface area contributed by atoms with Gasteiger partial charge in [-0.25, -0.2) is 9.37 Å². The van der Waals surface area contributed by atoms with Crippen molar-refractivity contribution >= 4 is 7.85 Å². The summed E-state index contributed by atoms with van der Waals surface area (Å²) in [5.41, 5.74) is 4.78. The van der Waals surface area contributed by atoms with Gasteiger partial charge in [0.15, 0.2) is 0 Å². The average Bonchev–Trinajstić information content (AvgIpc) is 3.38. The van der Waals surface area contributed by atoms with E-state index >= 15 is 0 Å². The first-order chi connectivity index (χ1) is 16.7. The van der Waals surface area contributed by atoms with Gasteiger partial charge in [-0.3, -0.25) is 0 Å². The molecule has 0 unspecified atom stereocenters. The zero-order chi connectivity index (χ0) is 24.0. The molecular weight excluding hydrogens is 418 g/mol. The predicted octanol–water partition coefficient (Wildman–Crippen LogP) is 6.91. The maximum absolute atomic E-state index is 13.2. The van der Waals surface area contributed by atoms with Gasteiger partial charge in [0.05, 0.1) is 0 Å². The van der Waals surface area contributed by atoms with Gasteiger partial charge in [-0.15, -0.1) is 0 Å². The van der Waals surface area contributed by atoms with Crippen LogP contribution in [0, 0.1) is 5.82 Å². The highest BCUT2D eigenvalue weighted by molar-refractivity contribution is 6.08. The predicted molar refractivity (Wildman–Crippen MR) is 144 cm³/mol. The molecule has 174 valence electrons. The van der Waals surface area contributed by atoms with E-state index in [1.807, 2.05) is 13.0 Å². The monoisotopic (exact) mass is 452 g/mol. The lowest BCUT2D eigenvalue weighted by atomic mass is 9.88. The summed E-state index contributed by atoms with van der Waals surface area (Å²) in [6, 6.07) is 26.7. The van der Waals surface area contributed by atoms with Crippen LogP contribution < -0.4 is 0 Å². The number of allylic oxidation sites excluding steroid dienone is 2. The van der Waals surface area contributed by atoms with Gasteiger partial charge in [0.25, 0.3) is 0 Å². The van der Waals surface area contributed by atoms with Crippen LogP contribution in [0.3, 0.4) is 0 Å². The van der Waals surface area contributed by atoms with E-state index in [0.717, 1.165) is 29.8 Å². The molecule has 0 aliphatic rings. The summed E-state index contributed by atoms with van der Waals surface area (Å²) in [5, 5.41) is 0. The second kappa shape index (κ2) is 14.0. The number of halogens is 1. The molecule has 0 bridgehead atoms. The topological polar surface area (TPSA) is 28.7 Å². The summed E-state index contributed by atoms with van der Waals surface area (Å²) in [7, 11) is 2.22. The molecule has 0 radical (unpaired) electrons. The molecule has 0 saturated heterocycles. The van der Waals surface area contributed by atoms with Gasteiger partial charge in [-0.1, -0.05) is 92.1 Å². The van der Waals surface area contributed by atoms with E-state index < -0.39 is 0 Å². The van der Waals surface area contributed by atoms with Gasteiger partial charge < -0.3 is 4.98 Å². The summed E-state index contributed by atoms with van der Waals surface area (Å²) in [5.74, 6) is 1.16. The second-order valence-corrected chi connectivity index (χ2v) is 8.40. The molecule has 0 spiro atoms. The van der Waals surface area contributed by atoms with Crippen molar-refractivity contribution in [3.63, 3.8) is 0 Å². The average molecular weight is 452 g/mol. The smallest absolute Gasteiger partial charge is 0.123 e. The van der Waals surface area contributed by atoms with Gasteiger partial charge in [0.1, 0.15) is 19.5 Å². The van der Waals surface area contributed by atoms with E-state index in [-0.39, 0.29) is 5.82 Å². The van der Waals surface area contributed by atoms with Crippen LogP contribution in [0.2, 0.25) is 6.32 Å². The Morgan fingerprint density at radius 2 is 1.56 bits per heavy atom. The molecule has 1 aromatic heterocycles. The van der Waals surface area contributed by atoms with E-state index in [1.54, 1.807) is 24.5 Å². The van der Waals surface area contributed by atoms with Gasteiger partial charge in [-0.05, 0) is 53.6 Å². The Hall–Kier alpha value is -3.40. The summed E-state index contributed by atoms with van der Waals surface area (Å²) < 4.78 is 13.2. The van der Waals surface area contributed by atoms with Crippen LogP contribution in [0.25, 0.3) is 0 Å². The molecule has 0 fully saturated rings. The van der Waals surface area contributed by atoms with E-state index in [1.165, 1.54) is 23.9 Å².